The normalized spacial score (nSPS) is 10.4. The van der Waals surface area contributed by atoms with Gasteiger partial charge < -0.3 is 4.74 Å². The smallest absolute Gasteiger partial charge is 0.216 e. The maximum Gasteiger partial charge on any atom is 0.216 e. The van der Waals surface area contributed by atoms with E-state index in [-0.39, 0.29) is 0 Å². The summed E-state index contributed by atoms with van der Waals surface area (Å²) in [4.78, 5) is 0. The minimum atomic E-state index is 0.637. The van der Waals surface area contributed by atoms with Gasteiger partial charge in [-0.2, -0.15) is 5.10 Å². The van der Waals surface area contributed by atoms with Gasteiger partial charge in [0.25, 0.3) is 0 Å². The highest BCUT2D eigenvalue weighted by Crippen LogP contribution is 2.18. The first kappa shape index (κ1) is 11.2. The molecular weight excluding hydrogens is 268 g/mol. The molecule has 0 spiro atoms. The molecule has 0 saturated carbocycles. The zero-order chi connectivity index (χ0) is 11.4. The molecule has 0 amide bonds. The molecule has 0 bridgehead atoms. The van der Waals surface area contributed by atoms with Crippen LogP contribution in [0.2, 0.25) is 0 Å². The lowest BCUT2D eigenvalue weighted by Crippen LogP contribution is -2.04. The van der Waals surface area contributed by atoms with Gasteiger partial charge in [-0.25, -0.2) is 4.68 Å². The molecule has 2 rings (SSSR count). The molecule has 4 heteroatoms. The van der Waals surface area contributed by atoms with E-state index in [1.165, 1.54) is 0 Å². The first-order chi connectivity index (χ1) is 7.81. The van der Waals surface area contributed by atoms with Crippen LogP contribution >= 0.6 is 15.9 Å². The summed E-state index contributed by atoms with van der Waals surface area (Å²) in [5, 5.41) is 5.22. The molecule has 84 valence electrons. The predicted molar refractivity (Wildman–Crippen MR) is 67.6 cm³/mol. The third kappa shape index (κ3) is 2.44. The second kappa shape index (κ2) is 5.16. The fourth-order valence-electron chi connectivity index (χ4n) is 1.48. The molecule has 0 aliphatic carbocycles. The Balaban J connectivity index is 2.33. The van der Waals surface area contributed by atoms with Gasteiger partial charge in [0.05, 0.1) is 18.0 Å². The zero-order valence-corrected chi connectivity index (χ0v) is 10.6. The van der Waals surface area contributed by atoms with Crippen LogP contribution in [-0.4, -0.2) is 21.7 Å². The topological polar surface area (TPSA) is 27.1 Å². The Kier molecular flexibility index (Phi) is 3.62. The highest BCUT2D eigenvalue weighted by Gasteiger charge is 2.07. The predicted octanol–water partition coefficient (Wildman–Crippen LogP) is 2.95. The molecule has 0 aliphatic heterocycles. The summed E-state index contributed by atoms with van der Waals surface area (Å²) < 4.78 is 7.43. The second-order valence-electron chi connectivity index (χ2n) is 3.41. The number of rotatable bonds is 4. The summed E-state index contributed by atoms with van der Waals surface area (Å²) in [5.41, 5.74) is 1.97. The summed E-state index contributed by atoms with van der Waals surface area (Å²) in [7, 11) is 0. The van der Waals surface area contributed by atoms with E-state index in [9.17, 15) is 0 Å². The van der Waals surface area contributed by atoms with Crippen LogP contribution in [0.25, 0.3) is 5.69 Å². The van der Waals surface area contributed by atoms with Gasteiger partial charge in [-0.1, -0.05) is 34.1 Å². The summed E-state index contributed by atoms with van der Waals surface area (Å²) >= 11 is 3.34. The van der Waals surface area contributed by atoms with Gasteiger partial charge >= 0.3 is 0 Å². The van der Waals surface area contributed by atoms with E-state index in [1.807, 2.05) is 48.0 Å². The van der Waals surface area contributed by atoms with E-state index in [2.05, 4.69) is 21.0 Å². The van der Waals surface area contributed by atoms with Gasteiger partial charge in [0.2, 0.25) is 5.88 Å². The maximum absolute atomic E-state index is 5.62. The van der Waals surface area contributed by atoms with E-state index in [0.29, 0.717) is 6.61 Å². The Morgan fingerprint density at radius 3 is 2.75 bits per heavy atom. The number of alkyl halides is 1. The highest BCUT2D eigenvalue weighted by molar-refractivity contribution is 9.09. The molecule has 16 heavy (non-hydrogen) atoms. The van der Waals surface area contributed by atoms with E-state index < -0.39 is 0 Å². The Morgan fingerprint density at radius 1 is 1.31 bits per heavy atom. The van der Waals surface area contributed by atoms with Crippen LogP contribution in [0.4, 0.5) is 0 Å². The Morgan fingerprint density at radius 2 is 2.06 bits per heavy atom. The third-order valence-corrected chi connectivity index (χ3v) is 2.45. The largest absolute Gasteiger partial charge is 0.477 e. The molecule has 0 radical (unpaired) electrons. The Labute approximate surface area is 103 Å². The highest BCUT2D eigenvalue weighted by atomic mass is 79.9. The van der Waals surface area contributed by atoms with Crippen LogP contribution in [0, 0.1) is 6.92 Å². The van der Waals surface area contributed by atoms with E-state index in [1.54, 1.807) is 0 Å². The van der Waals surface area contributed by atoms with E-state index in [4.69, 9.17) is 4.74 Å². The average Bonchev–Trinajstić information content (AvgIpc) is 2.69. The standard InChI is InChI=1S/C12H13BrN2O/c1-10-9-12(16-8-7-13)15(14-10)11-5-3-2-4-6-11/h2-6,9H,7-8H2,1H3. The minimum Gasteiger partial charge on any atom is -0.477 e. The molecule has 3 nitrogen and oxygen atoms in total. The van der Waals surface area contributed by atoms with Crippen molar-refractivity contribution in [3.05, 3.63) is 42.1 Å². The molecule has 0 aliphatic rings. The van der Waals surface area contributed by atoms with Crippen molar-refractivity contribution in [1.29, 1.82) is 0 Å². The van der Waals surface area contributed by atoms with Crippen LogP contribution in [0.3, 0.4) is 0 Å². The van der Waals surface area contributed by atoms with Gasteiger partial charge in [-0.15, -0.1) is 0 Å². The summed E-state index contributed by atoms with van der Waals surface area (Å²) in [5.74, 6) is 0.781. The number of aromatic nitrogens is 2. The van der Waals surface area contributed by atoms with Crippen LogP contribution in [0.15, 0.2) is 36.4 Å². The Bertz CT molecular complexity index is 453. The average molecular weight is 281 g/mol. The first-order valence-electron chi connectivity index (χ1n) is 5.12. The summed E-state index contributed by atoms with van der Waals surface area (Å²) in [6.45, 7) is 2.60. The van der Waals surface area contributed by atoms with Crippen molar-refractivity contribution in [2.75, 3.05) is 11.9 Å². The molecule has 0 N–H and O–H groups in total. The van der Waals surface area contributed by atoms with Gasteiger partial charge in [-0.05, 0) is 19.1 Å². The van der Waals surface area contributed by atoms with Gasteiger partial charge in [0.15, 0.2) is 0 Å². The van der Waals surface area contributed by atoms with Crippen molar-refractivity contribution >= 4 is 15.9 Å². The van der Waals surface area contributed by atoms with Crippen molar-refractivity contribution in [2.24, 2.45) is 0 Å². The molecule has 2 aromatic rings. The number of hydrogen-bond donors (Lipinski definition) is 0. The Hall–Kier alpha value is -1.29. The fraction of sp³-hybridized carbons (Fsp3) is 0.250. The van der Waals surface area contributed by atoms with Gasteiger partial charge in [0, 0.05) is 11.4 Å². The number of hydrogen-bond acceptors (Lipinski definition) is 2. The van der Waals surface area contributed by atoms with Crippen LogP contribution in [0.5, 0.6) is 5.88 Å². The lowest BCUT2D eigenvalue weighted by atomic mass is 10.3. The van der Waals surface area contributed by atoms with Crippen molar-refractivity contribution in [1.82, 2.24) is 9.78 Å². The zero-order valence-electron chi connectivity index (χ0n) is 9.06. The van der Waals surface area contributed by atoms with Crippen molar-refractivity contribution < 1.29 is 4.74 Å². The molecule has 0 unspecified atom stereocenters. The number of aryl methyl sites for hydroxylation is 1. The number of para-hydroxylation sites is 1. The lowest BCUT2D eigenvalue weighted by Gasteiger charge is -2.07. The van der Waals surface area contributed by atoms with Crippen LogP contribution < -0.4 is 4.74 Å². The fourth-order valence-corrected chi connectivity index (χ4v) is 1.64. The number of nitrogens with zero attached hydrogens (tertiary/aromatic N) is 2. The molecular formula is C12H13BrN2O. The first-order valence-corrected chi connectivity index (χ1v) is 6.24. The van der Waals surface area contributed by atoms with E-state index >= 15 is 0 Å². The molecule has 0 fully saturated rings. The van der Waals surface area contributed by atoms with E-state index in [0.717, 1.165) is 22.6 Å². The molecule has 1 aromatic carbocycles. The van der Waals surface area contributed by atoms with Gasteiger partial charge in [-0.3, -0.25) is 0 Å². The van der Waals surface area contributed by atoms with Crippen LogP contribution in [0.1, 0.15) is 5.69 Å². The SMILES string of the molecule is Cc1cc(OCCBr)n(-c2ccccc2)n1. The number of ether oxygens (including phenoxy) is 1. The summed E-state index contributed by atoms with van der Waals surface area (Å²) in [6.07, 6.45) is 0. The van der Waals surface area contributed by atoms with Crippen molar-refractivity contribution in [2.45, 2.75) is 6.92 Å². The number of halogens is 1. The molecule has 1 heterocycles. The van der Waals surface area contributed by atoms with Gasteiger partial charge in [0.1, 0.15) is 0 Å². The minimum absolute atomic E-state index is 0.637. The second-order valence-corrected chi connectivity index (χ2v) is 4.20. The molecule has 1 aromatic heterocycles. The third-order valence-electron chi connectivity index (χ3n) is 2.13. The number of benzene rings is 1. The lowest BCUT2D eigenvalue weighted by molar-refractivity contribution is 0.321. The van der Waals surface area contributed by atoms with Crippen LogP contribution in [-0.2, 0) is 0 Å². The van der Waals surface area contributed by atoms with Crippen molar-refractivity contribution in [3.63, 3.8) is 0 Å². The van der Waals surface area contributed by atoms with Crippen molar-refractivity contribution in [3.8, 4) is 11.6 Å². The maximum atomic E-state index is 5.62. The monoisotopic (exact) mass is 280 g/mol. The summed E-state index contributed by atoms with van der Waals surface area (Å²) in [6, 6.07) is 11.9. The molecule has 0 saturated heterocycles. The quantitative estimate of drug-likeness (QED) is 0.806. The molecule has 0 atom stereocenters.